The quantitative estimate of drug-likeness (QED) is 0.807. The van der Waals surface area contributed by atoms with Crippen molar-refractivity contribution in [1.82, 2.24) is 9.78 Å². The molecule has 1 atom stereocenters. The molecule has 2 aromatic rings. The van der Waals surface area contributed by atoms with E-state index in [0.29, 0.717) is 18.8 Å². The monoisotopic (exact) mass is 275 g/mol. The molecular formula is C14H14ClN3O. The average Bonchev–Trinajstić information content (AvgIpc) is 3.08. The molecule has 4 nitrogen and oxygen atoms in total. The van der Waals surface area contributed by atoms with Crippen molar-refractivity contribution < 1.29 is 4.79 Å². The molecule has 1 aliphatic heterocycles. The third-order valence-electron chi connectivity index (χ3n) is 3.33. The molecule has 2 heterocycles. The fraction of sp³-hybridized carbons (Fsp3) is 0.286. The summed E-state index contributed by atoms with van der Waals surface area (Å²) in [6.45, 7) is 0.699. The molecule has 98 valence electrons. The number of aromatic nitrogens is 2. The summed E-state index contributed by atoms with van der Waals surface area (Å²) < 4.78 is 1.78. The van der Waals surface area contributed by atoms with Gasteiger partial charge in [-0.1, -0.05) is 6.07 Å². The van der Waals surface area contributed by atoms with Crippen molar-refractivity contribution in [2.45, 2.75) is 6.42 Å². The largest absolute Gasteiger partial charge is 0.312 e. The molecule has 5 heteroatoms. The van der Waals surface area contributed by atoms with Gasteiger partial charge < -0.3 is 4.90 Å². The standard InChI is InChI=1S/C14H14ClN3O/c15-9-11-7-14(19)17(10-11)12-3-1-4-13(8-12)18-6-2-5-16-18/h1-6,8,11H,7,9-10H2. The third kappa shape index (κ3) is 2.36. The van der Waals surface area contributed by atoms with Gasteiger partial charge in [-0.25, -0.2) is 4.68 Å². The minimum atomic E-state index is 0.142. The first kappa shape index (κ1) is 12.2. The first-order valence-corrected chi connectivity index (χ1v) is 6.78. The zero-order valence-corrected chi connectivity index (χ0v) is 11.1. The highest BCUT2D eigenvalue weighted by Crippen LogP contribution is 2.27. The van der Waals surface area contributed by atoms with Crippen molar-refractivity contribution in [2.24, 2.45) is 5.92 Å². The first-order valence-electron chi connectivity index (χ1n) is 6.24. The molecule has 0 radical (unpaired) electrons. The summed E-state index contributed by atoms with van der Waals surface area (Å²) in [5, 5.41) is 4.20. The highest BCUT2D eigenvalue weighted by atomic mass is 35.5. The summed E-state index contributed by atoms with van der Waals surface area (Å²) in [6.07, 6.45) is 4.15. The molecule has 1 amide bonds. The predicted molar refractivity (Wildman–Crippen MR) is 74.7 cm³/mol. The van der Waals surface area contributed by atoms with Crippen LogP contribution in [0.5, 0.6) is 0 Å². The Morgan fingerprint density at radius 3 is 2.84 bits per heavy atom. The SMILES string of the molecule is O=C1CC(CCl)CN1c1cccc(-n2cccn2)c1. The van der Waals surface area contributed by atoms with Gasteiger partial charge in [-0.2, -0.15) is 5.10 Å². The summed E-state index contributed by atoms with van der Waals surface area (Å²) in [5.41, 5.74) is 1.86. The predicted octanol–water partition coefficient (Wildman–Crippen LogP) is 2.46. The minimum absolute atomic E-state index is 0.142. The van der Waals surface area contributed by atoms with Gasteiger partial charge in [-0.15, -0.1) is 11.6 Å². The van der Waals surface area contributed by atoms with E-state index < -0.39 is 0 Å². The van der Waals surface area contributed by atoms with E-state index in [0.717, 1.165) is 11.4 Å². The Bertz CT molecular complexity index is 582. The number of nitrogens with zero attached hydrogens (tertiary/aromatic N) is 3. The molecule has 0 saturated carbocycles. The number of alkyl halides is 1. The van der Waals surface area contributed by atoms with Gasteiger partial charge in [-0.3, -0.25) is 4.79 Å². The van der Waals surface area contributed by atoms with Crippen LogP contribution in [0, 0.1) is 5.92 Å². The summed E-state index contributed by atoms with van der Waals surface area (Å²) in [6, 6.07) is 9.70. The maximum Gasteiger partial charge on any atom is 0.227 e. The Hall–Kier alpha value is -1.81. The Labute approximate surface area is 116 Å². The smallest absolute Gasteiger partial charge is 0.227 e. The number of benzene rings is 1. The number of anilines is 1. The Balaban J connectivity index is 1.90. The molecule has 0 spiro atoms. The zero-order chi connectivity index (χ0) is 13.2. The molecule has 1 aliphatic rings. The minimum Gasteiger partial charge on any atom is -0.312 e. The Morgan fingerprint density at radius 1 is 1.32 bits per heavy atom. The van der Waals surface area contributed by atoms with Gasteiger partial charge in [0.1, 0.15) is 0 Å². The molecule has 1 unspecified atom stereocenters. The van der Waals surface area contributed by atoms with Crippen LogP contribution in [-0.2, 0) is 4.79 Å². The van der Waals surface area contributed by atoms with Gasteiger partial charge >= 0.3 is 0 Å². The molecule has 3 rings (SSSR count). The normalized spacial score (nSPS) is 19.1. The van der Waals surface area contributed by atoms with Crippen LogP contribution >= 0.6 is 11.6 Å². The van der Waals surface area contributed by atoms with Crippen molar-refractivity contribution in [3.8, 4) is 5.69 Å². The van der Waals surface area contributed by atoms with E-state index in [1.54, 1.807) is 15.8 Å². The number of halogens is 1. The second-order valence-corrected chi connectivity index (χ2v) is 5.01. The maximum atomic E-state index is 12.0. The van der Waals surface area contributed by atoms with Gasteiger partial charge in [0, 0.05) is 36.9 Å². The third-order valence-corrected chi connectivity index (χ3v) is 3.77. The van der Waals surface area contributed by atoms with Crippen LogP contribution in [0.1, 0.15) is 6.42 Å². The van der Waals surface area contributed by atoms with Gasteiger partial charge in [0.25, 0.3) is 0 Å². The highest BCUT2D eigenvalue weighted by molar-refractivity contribution is 6.18. The van der Waals surface area contributed by atoms with Crippen molar-refractivity contribution >= 4 is 23.2 Å². The number of carbonyl (C=O) groups excluding carboxylic acids is 1. The number of hydrogen-bond acceptors (Lipinski definition) is 2. The van der Waals surface area contributed by atoms with Gasteiger partial charge in [-0.05, 0) is 30.2 Å². The van der Waals surface area contributed by atoms with Crippen LogP contribution in [0.25, 0.3) is 5.69 Å². The molecule has 0 N–H and O–H groups in total. The highest BCUT2D eigenvalue weighted by Gasteiger charge is 2.29. The lowest BCUT2D eigenvalue weighted by molar-refractivity contribution is -0.117. The van der Waals surface area contributed by atoms with Crippen LogP contribution in [0.4, 0.5) is 5.69 Å². The summed E-state index contributed by atoms with van der Waals surface area (Å²) in [4.78, 5) is 13.8. The Morgan fingerprint density at radius 2 is 2.16 bits per heavy atom. The van der Waals surface area contributed by atoms with Crippen LogP contribution in [0.15, 0.2) is 42.7 Å². The van der Waals surface area contributed by atoms with Gasteiger partial charge in [0.05, 0.1) is 5.69 Å². The lowest BCUT2D eigenvalue weighted by Gasteiger charge is -2.17. The van der Waals surface area contributed by atoms with Crippen LogP contribution in [0.2, 0.25) is 0 Å². The summed E-state index contributed by atoms with van der Waals surface area (Å²) >= 11 is 5.85. The van der Waals surface area contributed by atoms with E-state index in [9.17, 15) is 4.79 Å². The molecule has 1 aromatic carbocycles. The van der Waals surface area contributed by atoms with Gasteiger partial charge in [0.15, 0.2) is 0 Å². The van der Waals surface area contributed by atoms with Gasteiger partial charge in [0.2, 0.25) is 5.91 Å². The zero-order valence-electron chi connectivity index (χ0n) is 10.4. The summed E-state index contributed by atoms with van der Waals surface area (Å²) in [5.74, 6) is 0.923. The maximum absolute atomic E-state index is 12.0. The molecule has 1 aromatic heterocycles. The first-order chi connectivity index (χ1) is 9.28. The lowest BCUT2D eigenvalue weighted by atomic mass is 10.1. The van der Waals surface area contributed by atoms with Crippen LogP contribution < -0.4 is 4.90 Å². The van der Waals surface area contributed by atoms with E-state index in [1.807, 2.05) is 36.5 Å². The van der Waals surface area contributed by atoms with Crippen LogP contribution in [-0.4, -0.2) is 28.1 Å². The van der Waals surface area contributed by atoms with E-state index >= 15 is 0 Å². The number of amides is 1. The van der Waals surface area contributed by atoms with E-state index in [4.69, 9.17) is 11.6 Å². The van der Waals surface area contributed by atoms with E-state index in [2.05, 4.69) is 5.10 Å². The lowest BCUT2D eigenvalue weighted by Crippen LogP contribution is -2.24. The van der Waals surface area contributed by atoms with Crippen molar-refractivity contribution in [2.75, 3.05) is 17.3 Å². The number of rotatable bonds is 3. The molecule has 0 bridgehead atoms. The second-order valence-electron chi connectivity index (χ2n) is 4.70. The van der Waals surface area contributed by atoms with E-state index in [1.165, 1.54) is 0 Å². The number of hydrogen-bond donors (Lipinski definition) is 0. The summed E-state index contributed by atoms with van der Waals surface area (Å²) in [7, 11) is 0. The number of carbonyl (C=O) groups is 1. The molecular weight excluding hydrogens is 262 g/mol. The molecule has 1 fully saturated rings. The molecule has 1 saturated heterocycles. The Kier molecular flexibility index (Phi) is 3.25. The fourth-order valence-corrected chi connectivity index (χ4v) is 2.57. The topological polar surface area (TPSA) is 38.1 Å². The fourth-order valence-electron chi connectivity index (χ4n) is 2.36. The van der Waals surface area contributed by atoms with Crippen molar-refractivity contribution in [3.05, 3.63) is 42.7 Å². The van der Waals surface area contributed by atoms with E-state index in [-0.39, 0.29) is 11.8 Å². The average molecular weight is 276 g/mol. The van der Waals surface area contributed by atoms with Crippen molar-refractivity contribution in [1.29, 1.82) is 0 Å². The molecule has 19 heavy (non-hydrogen) atoms. The second kappa shape index (κ2) is 5.05. The molecule has 0 aliphatic carbocycles. The van der Waals surface area contributed by atoms with Crippen molar-refractivity contribution in [3.63, 3.8) is 0 Å². The van der Waals surface area contributed by atoms with Crippen LogP contribution in [0.3, 0.4) is 0 Å².